The van der Waals surface area contributed by atoms with Gasteiger partial charge in [0.1, 0.15) is 5.82 Å². The van der Waals surface area contributed by atoms with Gasteiger partial charge in [0.25, 0.3) is 0 Å². The van der Waals surface area contributed by atoms with Crippen LogP contribution in [0, 0.1) is 11.7 Å². The van der Waals surface area contributed by atoms with Crippen LogP contribution < -0.4 is 5.32 Å². The smallest absolute Gasteiger partial charge is 0.223 e. The highest BCUT2D eigenvalue weighted by atomic mass is 35.5. The van der Waals surface area contributed by atoms with E-state index in [1.165, 1.54) is 12.1 Å². The number of rotatable bonds is 3. The van der Waals surface area contributed by atoms with Crippen molar-refractivity contribution in [3.05, 3.63) is 35.6 Å². The average Bonchev–Trinajstić information content (AvgIpc) is 3.00. The monoisotopic (exact) mass is 328 g/mol. The van der Waals surface area contributed by atoms with Crippen LogP contribution in [0.3, 0.4) is 0 Å². The number of carbonyl (C=O) groups excluding carboxylic acids is 1. The summed E-state index contributed by atoms with van der Waals surface area (Å²) in [5, 5.41) is 3.29. The Morgan fingerprint density at radius 1 is 1.45 bits per heavy atom. The van der Waals surface area contributed by atoms with E-state index in [1.807, 2.05) is 11.0 Å². The first-order valence-corrected chi connectivity index (χ1v) is 7.57. The lowest BCUT2D eigenvalue weighted by Crippen LogP contribution is -2.49. The Labute approximate surface area is 136 Å². The zero-order valence-corrected chi connectivity index (χ0v) is 13.3. The van der Waals surface area contributed by atoms with Crippen molar-refractivity contribution in [1.82, 2.24) is 10.2 Å². The molecule has 2 atom stereocenters. The van der Waals surface area contributed by atoms with Gasteiger partial charge < -0.3 is 15.0 Å². The number of amides is 1. The molecule has 0 bridgehead atoms. The van der Waals surface area contributed by atoms with Crippen LogP contribution in [0.15, 0.2) is 24.3 Å². The van der Waals surface area contributed by atoms with Crippen molar-refractivity contribution >= 4 is 18.3 Å². The Morgan fingerprint density at radius 2 is 2.32 bits per heavy atom. The molecule has 0 radical (unpaired) electrons. The van der Waals surface area contributed by atoms with Crippen molar-refractivity contribution in [2.75, 3.05) is 32.8 Å². The molecule has 2 fully saturated rings. The summed E-state index contributed by atoms with van der Waals surface area (Å²) in [6.07, 6.45) is 1.49. The highest BCUT2D eigenvalue weighted by Gasteiger charge is 2.30. The van der Waals surface area contributed by atoms with E-state index in [-0.39, 0.29) is 30.2 Å². The number of hydrogen-bond donors (Lipinski definition) is 1. The molecule has 2 aliphatic rings. The van der Waals surface area contributed by atoms with Crippen molar-refractivity contribution < 1.29 is 13.9 Å². The maximum absolute atomic E-state index is 13.4. The van der Waals surface area contributed by atoms with Gasteiger partial charge in [0.15, 0.2) is 0 Å². The lowest BCUT2D eigenvalue weighted by Gasteiger charge is -2.37. The van der Waals surface area contributed by atoms with Gasteiger partial charge in [-0.05, 0) is 30.0 Å². The van der Waals surface area contributed by atoms with Crippen LogP contribution in [0.1, 0.15) is 24.4 Å². The van der Waals surface area contributed by atoms with Gasteiger partial charge in [-0.25, -0.2) is 4.39 Å². The van der Waals surface area contributed by atoms with E-state index in [4.69, 9.17) is 4.74 Å². The molecule has 3 rings (SSSR count). The van der Waals surface area contributed by atoms with E-state index in [0.717, 1.165) is 25.1 Å². The fourth-order valence-electron chi connectivity index (χ4n) is 3.12. The van der Waals surface area contributed by atoms with Crippen LogP contribution in [-0.2, 0) is 9.53 Å². The molecular formula is C16H22ClFN2O2. The molecule has 0 saturated carbocycles. The van der Waals surface area contributed by atoms with Gasteiger partial charge in [-0.2, -0.15) is 0 Å². The van der Waals surface area contributed by atoms with Crippen molar-refractivity contribution in [1.29, 1.82) is 0 Å². The van der Waals surface area contributed by atoms with Crippen molar-refractivity contribution in [2.45, 2.75) is 18.9 Å². The molecule has 0 spiro atoms. The number of nitrogens with zero attached hydrogens (tertiary/aromatic N) is 1. The number of hydrogen-bond acceptors (Lipinski definition) is 3. The third-order valence-electron chi connectivity index (χ3n) is 4.28. The van der Waals surface area contributed by atoms with Gasteiger partial charge in [-0.3, -0.25) is 4.79 Å². The van der Waals surface area contributed by atoms with Crippen molar-refractivity contribution in [2.24, 2.45) is 5.92 Å². The molecule has 4 nitrogen and oxygen atoms in total. The minimum Gasteiger partial charge on any atom is -0.381 e. The largest absolute Gasteiger partial charge is 0.381 e. The first-order chi connectivity index (χ1) is 10.2. The molecule has 0 aliphatic carbocycles. The van der Waals surface area contributed by atoms with E-state index in [9.17, 15) is 9.18 Å². The van der Waals surface area contributed by atoms with E-state index in [2.05, 4.69) is 5.32 Å². The van der Waals surface area contributed by atoms with Crippen LogP contribution in [0.5, 0.6) is 0 Å². The SMILES string of the molecule is Cl.O=C(CC1CCOC1)N1CCNCC1c1cccc(F)c1. The molecule has 122 valence electrons. The molecule has 22 heavy (non-hydrogen) atoms. The van der Waals surface area contributed by atoms with E-state index >= 15 is 0 Å². The Hall–Kier alpha value is -1.17. The topological polar surface area (TPSA) is 41.6 Å². The Morgan fingerprint density at radius 3 is 3.05 bits per heavy atom. The number of ether oxygens (including phenoxy) is 1. The molecule has 2 unspecified atom stereocenters. The highest BCUT2D eigenvalue weighted by molar-refractivity contribution is 5.85. The molecule has 2 saturated heterocycles. The second-order valence-corrected chi connectivity index (χ2v) is 5.80. The molecule has 1 aromatic rings. The van der Waals surface area contributed by atoms with Gasteiger partial charge in [0.05, 0.1) is 6.04 Å². The van der Waals surface area contributed by atoms with Crippen LogP contribution in [0.2, 0.25) is 0 Å². The number of carbonyl (C=O) groups is 1. The molecular weight excluding hydrogens is 307 g/mol. The fourth-order valence-corrected chi connectivity index (χ4v) is 3.12. The minimum atomic E-state index is -0.255. The second kappa shape index (κ2) is 7.90. The summed E-state index contributed by atoms with van der Waals surface area (Å²) < 4.78 is 18.8. The summed E-state index contributed by atoms with van der Waals surface area (Å²) >= 11 is 0. The molecule has 1 aromatic carbocycles. The first-order valence-electron chi connectivity index (χ1n) is 7.57. The summed E-state index contributed by atoms with van der Waals surface area (Å²) in [6, 6.07) is 6.47. The molecule has 1 amide bonds. The van der Waals surface area contributed by atoms with Crippen molar-refractivity contribution in [3.8, 4) is 0 Å². The Kier molecular flexibility index (Phi) is 6.17. The predicted molar refractivity (Wildman–Crippen MR) is 84.5 cm³/mol. The molecule has 2 aliphatic heterocycles. The lowest BCUT2D eigenvalue weighted by molar-refractivity contribution is -0.135. The van der Waals surface area contributed by atoms with E-state index in [1.54, 1.807) is 6.07 Å². The van der Waals surface area contributed by atoms with Gasteiger partial charge in [0, 0.05) is 39.3 Å². The predicted octanol–water partition coefficient (Wildman–Crippen LogP) is 2.15. The van der Waals surface area contributed by atoms with Gasteiger partial charge in [-0.1, -0.05) is 12.1 Å². The van der Waals surface area contributed by atoms with Crippen LogP contribution in [0.25, 0.3) is 0 Å². The van der Waals surface area contributed by atoms with E-state index < -0.39 is 0 Å². The zero-order chi connectivity index (χ0) is 14.7. The third-order valence-corrected chi connectivity index (χ3v) is 4.28. The van der Waals surface area contributed by atoms with E-state index in [0.29, 0.717) is 32.0 Å². The van der Waals surface area contributed by atoms with Crippen LogP contribution >= 0.6 is 12.4 Å². The first kappa shape index (κ1) is 17.2. The average molecular weight is 329 g/mol. The number of piperazine rings is 1. The zero-order valence-electron chi connectivity index (χ0n) is 12.5. The highest BCUT2D eigenvalue weighted by Crippen LogP contribution is 2.26. The van der Waals surface area contributed by atoms with Gasteiger partial charge in [0.2, 0.25) is 5.91 Å². The second-order valence-electron chi connectivity index (χ2n) is 5.80. The van der Waals surface area contributed by atoms with Gasteiger partial charge >= 0.3 is 0 Å². The molecule has 6 heteroatoms. The van der Waals surface area contributed by atoms with Crippen LogP contribution in [0.4, 0.5) is 4.39 Å². The Balaban J connectivity index is 0.00000176. The summed E-state index contributed by atoms with van der Waals surface area (Å²) in [5.41, 5.74) is 0.859. The maximum atomic E-state index is 13.4. The normalized spacial score (nSPS) is 24.9. The summed E-state index contributed by atoms with van der Waals surface area (Å²) in [6.45, 7) is 3.58. The maximum Gasteiger partial charge on any atom is 0.223 e. The quantitative estimate of drug-likeness (QED) is 0.924. The third kappa shape index (κ3) is 3.97. The summed E-state index contributed by atoms with van der Waals surface area (Å²) in [5.74, 6) is 0.233. The molecule has 1 N–H and O–H groups in total. The lowest BCUT2D eigenvalue weighted by atomic mass is 9.99. The summed E-state index contributed by atoms with van der Waals surface area (Å²) in [4.78, 5) is 14.5. The Bertz CT molecular complexity index is 509. The minimum absolute atomic E-state index is 0. The van der Waals surface area contributed by atoms with Crippen LogP contribution in [-0.4, -0.2) is 43.7 Å². The van der Waals surface area contributed by atoms with Gasteiger partial charge in [-0.15, -0.1) is 12.4 Å². The molecule has 2 heterocycles. The fraction of sp³-hybridized carbons (Fsp3) is 0.562. The number of nitrogens with one attached hydrogen (secondary N) is 1. The van der Waals surface area contributed by atoms with Crippen molar-refractivity contribution in [3.63, 3.8) is 0 Å². The number of benzene rings is 1. The standard InChI is InChI=1S/C16H21FN2O2.ClH/c17-14-3-1-2-13(9-14)15-10-18-5-6-19(15)16(20)8-12-4-7-21-11-12;/h1-3,9,12,15,18H,4-8,10-11H2;1H. The molecule has 0 aromatic heterocycles. The number of halogens is 2. The summed E-state index contributed by atoms with van der Waals surface area (Å²) in [7, 11) is 0.